The number of rotatable bonds is 3. The van der Waals surface area contributed by atoms with Gasteiger partial charge in [0.25, 0.3) is 0 Å². The Morgan fingerprint density at radius 3 is 2.71 bits per heavy atom. The van der Waals surface area contributed by atoms with Gasteiger partial charge >= 0.3 is 0 Å². The van der Waals surface area contributed by atoms with Crippen molar-refractivity contribution < 1.29 is 9.53 Å². The van der Waals surface area contributed by atoms with Crippen molar-refractivity contribution in [3.8, 4) is 17.0 Å². The zero-order chi connectivity index (χ0) is 15.0. The minimum absolute atomic E-state index is 0.604. The largest absolute Gasteiger partial charge is 0.496 e. The van der Waals surface area contributed by atoms with E-state index in [9.17, 15) is 4.79 Å². The van der Waals surface area contributed by atoms with E-state index in [0.29, 0.717) is 10.6 Å². The van der Waals surface area contributed by atoms with E-state index in [1.807, 2.05) is 37.3 Å². The number of carbonyl (C=O) groups is 1. The van der Waals surface area contributed by atoms with Gasteiger partial charge in [0.2, 0.25) is 0 Å². The van der Waals surface area contributed by atoms with E-state index in [4.69, 9.17) is 16.3 Å². The molecular weight excluding hydrogens is 286 g/mol. The van der Waals surface area contributed by atoms with Crippen LogP contribution in [0.2, 0.25) is 5.02 Å². The Kier molecular flexibility index (Phi) is 3.43. The van der Waals surface area contributed by atoms with Gasteiger partial charge in [-0.3, -0.25) is 4.79 Å². The number of nitrogens with one attached hydrogen (secondary N) is 1. The van der Waals surface area contributed by atoms with Gasteiger partial charge in [0.15, 0.2) is 6.29 Å². The fourth-order valence-corrected chi connectivity index (χ4v) is 2.81. The van der Waals surface area contributed by atoms with E-state index in [1.165, 1.54) is 0 Å². The zero-order valence-electron chi connectivity index (χ0n) is 11.7. The Bertz CT molecular complexity index is 836. The first-order chi connectivity index (χ1) is 10.2. The predicted molar refractivity (Wildman–Crippen MR) is 85.4 cm³/mol. The van der Waals surface area contributed by atoms with Gasteiger partial charge in [-0.15, -0.1) is 0 Å². The quantitative estimate of drug-likeness (QED) is 0.717. The van der Waals surface area contributed by atoms with Gasteiger partial charge in [0.05, 0.1) is 23.3 Å². The molecule has 0 saturated heterocycles. The first-order valence-corrected chi connectivity index (χ1v) is 6.94. The van der Waals surface area contributed by atoms with E-state index in [0.717, 1.165) is 39.8 Å². The molecule has 0 aliphatic heterocycles. The Labute approximate surface area is 127 Å². The normalized spacial score (nSPS) is 10.8. The van der Waals surface area contributed by atoms with Gasteiger partial charge in [-0.05, 0) is 42.3 Å². The zero-order valence-corrected chi connectivity index (χ0v) is 12.5. The second kappa shape index (κ2) is 5.26. The van der Waals surface area contributed by atoms with Gasteiger partial charge < -0.3 is 9.72 Å². The molecule has 3 aromatic rings. The summed E-state index contributed by atoms with van der Waals surface area (Å²) < 4.78 is 5.27. The topological polar surface area (TPSA) is 42.1 Å². The van der Waals surface area contributed by atoms with Crippen LogP contribution in [0.3, 0.4) is 0 Å². The average Bonchev–Trinajstić information content (AvgIpc) is 2.87. The van der Waals surface area contributed by atoms with Crippen LogP contribution in [-0.4, -0.2) is 18.4 Å². The third-order valence-corrected chi connectivity index (χ3v) is 3.94. The lowest BCUT2D eigenvalue weighted by Gasteiger charge is -2.07. The first-order valence-electron chi connectivity index (χ1n) is 6.56. The molecule has 0 fully saturated rings. The van der Waals surface area contributed by atoms with Crippen molar-refractivity contribution in [3.63, 3.8) is 0 Å². The number of aryl methyl sites for hydroxylation is 1. The number of methoxy groups -OCH3 is 1. The Morgan fingerprint density at radius 1 is 1.24 bits per heavy atom. The van der Waals surface area contributed by atoms with Crippen molar-refractivity contribution in [2.45, 2.75) is 6.92 Å². The molecule has 21 heavy (non-hydrogen) atoms. The molecule has 3 nitrogen and oxygen atoms in total. The summed E-state index contributed by atoms with van der Waals surface area (Å²) in [7, 11) is 1.64. The van der Waals surface area contributed by atoms with Crippen molar-refractivity contribution in [1.29, 1.82) is 0 Å². The monoisotopic (exact) mass is 299 g/mol. The summed E-state index contributed by atoms with van der Waals surface area (Å²) in [5, 5.41) is 1.44. The molecule has 0 unspecified atom stereocenters. The smallest absolute Gasteiger partial charge is 0.152 e. The summed E-state index contributed by atoms with van der Waals surface area (Å²) in [4.78, 5) is 14.8. The number of benzene rings is 2. The Morgan fingerprint density at radius 2 is 2.05 bits per heavy atom. The predicted octanol–water partition coefficient (Wildman–Crippen LogP) is 4.62. The van der Waals surface area contributed by atoms with Crippen LogP contribution in [0.1, 0.15) is 15.9 Å². The summed E-state index contributed by atoms with van der Waals surface area (Å²) in [6.07, 6.45) is 0.865. The lowest BCUT2D eigenvalue weighted by atomic mass is 10.0. The molecule has 0 amide bonds. The second-order valence-electron chi connectivity index (χ2n) is 4.88. The Balaban J connectivity index is 2.27. The van der Waals surface area contributed by atoms with E-state index in [1.54, 1.807) is 13.2 Å². The maximum atomic E-state index is 11.5. The molecule has 0 saturated carbocycles. The number of para-hydroxylation sites is 1. The van der Waals surface area contributed by atoms with Crippen LogP contribution in [-0.2, 0) is 0 Å². The molecule has 106 valence electrons. The highest BCUT2D eigenvalue weighted by Gasteiger charge is 2.15. The Hall–Kier alpha value is -2.26. The van der Waals surface area contributed by atoms with Crippen molar-refractivity contribution in [3.05, 3.63) is 52.5 Å². The summed E-state index contributed by atoms with van der Waals surface area (Å²) in [5.41, 5.74) is 4.12. The molecule has 0 bridgehead atoms. The molecule has 0 aliphatic carbocycles. The van der Waals surface area contributed by atoms with Gasteiger partial charge in [-0.2, -0.15) is 0 Å². The maximum Gasteiger partial charge on any atom is 0.152 e. The number of hydrogen-bond donors (Lipinski definition) is 1. The van der Waals surface area contributed by atoms with Crippen LogP contribution in [0.25, 0.3) is 22.2 Å². The van der Waals surface area contributed by atoms with Crippen LogP contribution >= 0.6 is 11.6 Å². The molecule has 0 spiro atoms. The number of H-pyrrole nitrogens is 1. The molecule has 0 aliphatic rings. The highest BCUT2D eigenvalue weighted by atomic mass is 35.5. The molecule has 1 N–H and O–H groups in total. The summed E-state index contributed by atoms with van der Waals surface area (Å²) >= 11 is 6.20. The number of aldehydes is 1. The number of ether oxygens (including phenoxy) is 1. The number of fused-ring (bicyclic) bond motifs is 1. The van der Waals surface area contributed by atoms with E-state index in [-0.39, 0.29) is 0 Å². The molecule has 3 rings (SSSR count). The van der Waals surface area contributed by atoms with Crippen LogP contribution in [0.15, 0.2) is 36.4 Å². The molecule has 4 heteroatoms. The molecular formula is C17H14ClNO2. The van der Waals surface area contributed by atoms with Gasteiger partial charge in [-0.1, -0.05) is 23.7 Å². The SMILES string of the molecule is COc1ccc(-c2[nH]c3c(Cl)cccc3c2C=O)cc1C. The summed E-state index contributed by atoms with van der Waals surface area (Å²) in [6, 6.07) is 11.3. The number of carbonyl (C=O) groups excluding carboxylic acids is 1. The molecule has 2 aromatic carbocycles. The van der Waals surface area contributed by atoms with Crippen LogP contribution in [0, 0.1) is 6.92 Å². The lowest BCUT2D eigenvalue weighted by molar-refractivity contribution is 0.112. The van der Waals surface area contributed by atoms with Crippen molar-refractivity contribution in [1.82, 2.24) is 4.98 Å². The van der Waals surface area contributed by atoms with E-state index in [2.05, 4.69) is 4.98 Å². The third-order valence-electron chi connectivity index (χ3n) is 3.62. The highest BCUT2D eigenvalue weighted by Crippen LogP contribution is 2.34. The van der Waals surface area contributed by atoms with Gasteiger partial charge in [-0.25, -0.2) is 0 Å². The van der Waals surface area contributed by atoms with Crippen LogP contribution in [0.5, 0.6) is 5.75 Å². The fourth-order valence-electron chi connectivity index (χ4n) is 2.59. The average molecular weight is 300 g/mol. The van der Waals surface area contributed by atoms with Crippen molar-refractivity contribution >= 4 is 28.8 Å². The molecule has 0 radical (unpaired) electrons. The molecule has 0 atom stereocenters. The number of aromatic nitrogens is 1. The summed E-state index contributed by atoms with van der Waals surface area (Å²) in [5.74, 6) is 0.820. The van der Waals surface area contributed by atoms with E-state index >= 15 is 0 Å². The number of halogens is 1. The fraction of sp³-hybridized carbons (Fsp3) is 0.118. The highest BCUT2D eigenvalue weighted by molar-refractivity contribution is 6.35. The number of hydrogen-bond acceptors (Lipinski definition) is 2. The maximum absolute atomic E-state index is 11.5. The second-order valence-corrected chi connectivity index (χ2v) is 5.29. The van der Waals surface area contributed by atoms with Crippen molar-refractivity contribution in [2.24, 2.45) is 0 Å². The minimum Gasteiger partial charge on any atom is -0.496 e. The first kappa shape index (κ1) is 13.7. The van der Waals surface area contributed by atoms with E-state index < -0.39 is 0 Å². The number of aromatic amines is 1. The standard InChI is InChI=1S/C17H14ClNO2/c1-10-8-11(6-7-15(10)21-2)16-13(9-20)12-4-3-5-14(18)17(12)19-16/h3-9,19H,1-2H3. The van der Waals surface area contributed by atoms with Crippen LogP contribution in [0.4, 0.5) is 0 Å². The minimum atomic E-state index is 0.604. The molecule has 1 heterocycles. The summed E-state index contributed by atoms with van der Waals surface area (Å²) in [6.45, 7) is 1.97. The third kappa shape index (κ3) is 2.20. The lowest BCUT2D eigenvalue weighted by Crippen LogP contribution is -1.89. The van der Waals surface area contributed by atoms with Crippen LogP contribution < -0.4 is 4.74 Å². The molecule has 1 aromatic heterocycles. The van der Waals surface area contributed by atoms with Crippen molar-refractivity contribution in [2.75, 3.05) is 7.11 Å². The van der Waals surface area contributed by atoms with Gasteiger partial charge in [0.1, 0.15) is 5.75 Å². The van der Waals surface area contributed by atoms with Gasteiger partial charge in [0, 0.05) is 10.9 Å².